The van der Waals surface area contributed by atoms with Crippen LogP contribution in [0, 0.1) is 0 Å². The van der Waals surface area contributed by atoms with Gasteiger partial charge in [-0.15, -0.1) is 0 Å². The normalized spacial score (nSPS) is 19.2. The zero-order chi connectivity index (χ0) is 41.9. The van der Waals surface area contributed by atoms with Gasteiger partial charge in [0, 0.05) is 39.1 Å². The first-order valence-corrected chi connectivity index (χ1v) is 22.1. The fraction of sp³-hybridized carbons (Fsp3) is 0.0702. The van der Waals surface area contributed by atoms with E-state index in [-0.39, 0.29) is 23.9 Å². The van der Waals surface area contributed by atoms with Gasteiger partial charge in [0.2, 0.25) is 0 Å². The molecule has 5 aromatic heterocycles. The Bertz CT molecular complexity index is 3640. The summed E-state index contributed by atoms with van der Waals surface area (Å²) in [7, 11) is 0. The highest BCUT2D eigenvalue weighted by Crippen LogP contribution is 2.53. The Hall–Kier alpha value is -8.29. The first-order valence-electron chi connectivity index (χ1n) is 22.1. The summed E-state index contributed by atoms with van der Waals surface area (Å²) in [5, 5.41) is 4.79. The second-order valence-electron chi connectivity index (χ2n) is 17.1. The summed E-state index contributed by atoms with van der Waals surface area (Å²) in [5.41, 5.74) is 11.1. The molecule has 14 rings (SSSR count). The van der Waals surface area contributed by atoms with Gasteiger partial charge in [-0.05, 0) is 71.8 Å². The van der Waals surface area contributed by atoms with Crippen LogP contribution >= 0.6 is 0 Å². The molecule has 64 heavy (non-hydrogen) atoms. The zero-order valence-electron chi connectivity index (χ0n) is 34.6. The SMILES string of the molecule is C1=CC2c3ccccc3N(c3cccc(-c4cccc(-n5c6ccccc6c6ccc7c(c65)N(c5cccc(-n6c8ccccc8c8ccccc86)n5)C5C=CC=CC75)n4)n3)C2C=C1. The zero-order valence-corrected chi connectivity index (χ0v) is 34.6. The number of rotatable bonds is 5. The van der Waals surface area contributed by atoms with Crippen LogP contribution in [0.1, 0.15) is 23.0 Å². The molecule has 4 atom stereocenters. The van der Waals surface area contributed by atoms with Crippen LogP contribution in [0.2, 0.25) is 0 Å². The van der Waals surface area contributed by atoms with Crippen LogP contribution in [0.3, 0.4) is 0 Å². The molecule has 0 saturated carbocycles. The lowest BCUT2D eigenvalue weighted by Gasteiger charge is -2.28. The highest BCUT2D eigenvalue weighted by molar-refractivity contribution is 6.15. The Morgan fingerprint density at radius 1 is 0.344 bits per heavy atom. The summed E-state index contributed by atoms with van der Waals surface area (Å²) < 4.78 is 4.67. The standard InChI is InChI=1S/C57H39N7/c1-7-24-46-36(16-1)37-17-2-8-25-47(37)61(46)52-30-13-22-44(58-52)45-23-14-31-53(59-45)63-50-28-11-5-20-40(50)42-34-35-43-41-21-6-12-29-51(41)64(57(43)56(42)63)55-33-15-32-54(60-55)62-48-26-9-3-18-38(48)39-19-4-10-27-49(39)62/h1-36,41,46,51H. The molecule has 5 aromatic carbocycles. The molecule has 0 bridgehead atoms. The predicted molar refractivity (Wildman–Crippen MR) is 261 cm³/mol. The molecule has 0 saturated heterocycles. The number of pyridine rings is 3. The minimum atomic E-state index is 0.0361. The fourth-order valence-corrected chi connectivity index (χ4v) is 11.1. The molecule has 7 heteroatoms. The third kappa shape index (κ3) is 5.00. The summed E-state index contributed by atoms with van der Waals surface area (Å²) in [5.74, 6) is 3.96. The van der Waals surface area contributed by atoms with Crippen LogP contribution < -0.4 is 9.80 Å². The van der Waals surface area contributed by atoms with Gasteiger partial charge in [-0.3, -0.25) is 9.13 Å². The van der Waals surface area contributed by atoms with Crippen molar-refractivity contribution in [3.8, 4) is 23.0 Å². The topological polar surface area (TPSA) is 55.0 Å². The van der Waals surface area contributed by atoms with E-state index in [4.69, 9.17) is 15.0 Å². The molecular formula is C57H39N7. The molecule has 2 aliphatic carbocycles. The van der Waals surface area contributed by atoms with Crippen molar-refractivity contribution in [2.24, 2.45) is 0 Å². The Morgan fingerprint density at radius 3 is 1.55 bits per heavy atom. The van der Waals surface area contributed by atoms with Crippen molar-refractivity contribution < 1.29 is 0 Å². The molecule has 10 aromatic rings. The summed E-state index contributed by atoms with van der Waals surface area (Å²) in [6.45, 7) is 0. The minimum absolute atomic E-state index is 0.0361. The van der Waals surface area contributed by atoms with Crippen LogP contribution in [0.4, 0.5) is 23.0 Å². The third-order valence-corrected chi connectivity index (χ3v) is 13.8. The van der Waals surface area contributed by atoms with E-state index in [1.165, 1.54) is 38.4 Å². The van der Waals surface area contributed by atoms with Gasteiger partial charge in [0.15, 0.2) is 0 Å². The minimum Gasteiger partial charge on any atom is -0.318 e. The lowest BCUT2D eigenvalue weighted by Crippen LogP contribution is -2.29. The molecule has 0 spiro atoms. The van der Waals surface area contributed by atoms with E-state index in [0.717, 1.165) is 62.4 Å². The van der Waals surface area contributed by atoms with Gasteiger partial charge in [-0.2, -0.15) is 0 Å². The van der Waals surface area contributed by atoms with E-state index in [1.54, 1.807) is 0 Å². The lowest BCUT2D eigenvalue weighted by molar-refractivity contribution is 0.737. The van der Waals surface area contributed by atoms with Crippen LogP contribution in [-0.2, 0) is 0 Å². The van der Waals surface area contributed by atoms with E-state index in [0.29, 0.717) is 0 Å². The van der Waals surface area contributed by atoms with Gasteiger partial charge in [-0.1, -0.05) is 152 Å². The monoisotopic (exact) mass is 821 g/mol. The maximum absolute atomic E-state index is 5.57. The first kappa shape index (κ1) is 35.3. The van der Waals surface area contributed by atoms with E-state index in [1.807, 2.05) is 0 Å². The molecule has 4 aliphatic rings. The van der Waals surface area contributed by atoms with Gasteiger partial charge in [0.1, 0.15) is 23.3 Å². The Labute approximate surface area is 369 Å². The number of benzene rings is 5. The third-order valence-electron chi connectivity index (χ3n) is 13.8. The van der Waals surface area contributed by atoms with Crippen molar-refractivity contribution in [3.05, 3.63) is 224 Å². The molecule has 7 heterocycles. The molecule has 302 valence electrons. The second-order valence-corrected chi connectivity index (χ2v) is 17.1. The molecule has 0 N–H and O–H groups in total. The van der Waals surface area contributed by atoms with Gasteiger partial charge in [0.05, 0.1) is 51.2 Å². The predicted octanol–water partition coefficient (Wildman–Crippen LogP) is 13.2. The maximum Gasteiger partial charge on any atom is 0.140 e. The Kier molecular flexibility index (Phi) is 7.51. The highest BCUT2D eigenvalue weighted by Gasteiger charge is 2.41. The van der Waals surface area contributed by atoms with Crippen molar-refractivity contribution in [2.75, 3.05) is 9.80 Å². The van der Waals surface area contributed by atoms with E-state index < -0.39 is 0 Å². The van der Waals surface area contributed by atoms with Gasteiger partial charge in [-0.25, -0.2) is 15.0 Å². The Balaban J connectivity index is 0.948. The number of allylic oxidation sites excluding steroid dienone is 4. The molecule has 0 amide bonds. The summed E-state index contributed by atoms with van der Waals surface area (Å²) in [6, 6.07) is 58.6. The molecule has 0 fully saturated rings. The largest absolute Gasteiger partial charge is 0.318 e. The number of para-hydroxylation sites is 4. The fourth-order valence-electron chi connectivity index (χ4n) is 11.1. The number of nitrogens with zero attached hydrogens (tertiary/aromatic N) is 7. The highest BCUT2D eigenvalue weighted by atomic mass is 15.3. The van der Waals surface area contributed by atoms with Crippen molar-refractivity contribution in [2.45, 2.75) is 23.9 Å². The van der Waals surface area contributed by atoms with Crippen LogP contribution in [0.15, 0.2) is 212 Å². The number of anilines is 4. The number of fused-ring (bicyclic) bond motifs is 13. The van der Waals surface area contributed by atoms with Crippen LogP contribution in [-0.4, -0.2) is 36.2 Å². The number of hydrogen-bond acceptors (Lipinski definition) is 5. The smallest absolute Gasteiger partial charge is 0.140 e. The molecule has 0 radical (unpaired) electrons. The summed E-state index contributed by atoms with van der Waals surface area (Å²) in [4.78, 5) is 21.3. The quantitative estimate of drug-likeness (QED) is 0.173. The molecular weight excluding hydrogens is 783 g/mol. The average Bonchev–Trinajstić information content (AvgIpc) is 4.09. The number of aromatic nitrogens is 5. The maximum atomic E-state index is 5.57. The van der Waals surface area contributed by atoms with E-state index >= 15 is 0 Å². The van der Waals surface area contributed by atoms with Crippen LogP contribution in [0.25, 0.3) is 66.6 Å². The first-order chi connectivity index (χ1) is 31.8. The van der Waals surface area contributed by atoms with Gasteiger partial charge >= 0.3 is 0 Å². The lowest BCUT2D eigenvalue weighted by atomic mass is 9.91. The van der Waals surface area contributed by atoms with Crippen molar-refractivity contribution >= 4 is 66.6 Å². The van der Waals surface area contributed by atoms with Crippen LogP contribution in [0.5, 0.6) is 0 Å². The van der Waals surface area contributed by atoms with E-state index in [9.17, 15) is 0 Å². The Morgan fingerprint density at radius 2 is 0.844 bits per heavy atom. The number of hydrogen-bond donors (Lipinski definition) is 0. The molecule has 2 aliphatic heterocycles. The molecule has 4 unspecified atom stereocenters. The summed E-state index contributed by atoms with van der Waals surface area (Å²) >= 11 is 0. The van der Waals surface area contributed by atoms with Crippen molar-refractivity contribution in [1.29, 1.82) is 0 Å². The van der Waals surface area contributed by atoms with Gasteiger partial charge < -0.3 is 9.80 Å². The molecule has 7 nitrogen and oxygen atoms in total. The second kappa shape index (κ2) is 13.6. The van der Waals surface area contributed by atoms with E-state index in [2.05, 4.69) is 231 Å². The average molecular weight is 822 g/mol. The van der Waals surface area contributed by atoms with Crippen molar-refractivity contribution in [1.82, 2.24) is 24.1 Å². The van der Waals surface area contributed by atoms with Gasteiger partial charge in [0.25, 0.3) is 0 Å². The van der Waals surface area contributed by atoms with Crippen molar-refractivity contribution in [3.63, 3.8) is 0 Å². The summed E-state index contributed by atoms with van der Waals surface area (Å²) in [6.07, 6.45) is 17.9.